The molecule has 0 radical (unpaired) electrons. The molecule has 0 fully saturated rings. The zero-order valence-corrected chi connectivity index (χ0v) is 15.5. The molecule has 2 N–H and O–H groups in total. The lowest BCUT2D eigenvalue weighted by molar-refractivity contribution is 0.434. The van der Waals surface area contributed by atoms with Crippen LogP contribution in [0.25, 0.3) is 0 Å². The second-order valence-corrected chi connectivity index (χ2v) is 7.15. The van der Waals surface area contributed by atoms with Crippen molar-refractivity contribution in [3.8, 4) is 5.88 Å². The Morgan fingerprint density at radius 2 is 1.62 bits per heavy atom. The molecular formula is C21H22N2O2S. The summed E-state index contributed by atoms with van der Waals surface area (Å²) >= 11 is 1.46. The molecule has 0 aliphatic carbocycles. The number of hydrogen-bond acceptors (Lipinski definition) is 4. The highest BCUT2D eigenvalue weighted by Gasteiger charge is 2.24. The van der Waals surface area contributed by atoms with Crippen molar-refractivity contribution in [1.29, 1.82) is 0 Å². The predicted octanol–water partition coefficient (Wildman–Crippen LogP) is 4.55. The minimum Gasteiger partial charge on any atom is -0.493 e. The van der Waals surface area contributed by atoms with E-state index in [9.17, 15) is 9.90 Å². The van der Waals surface area contributed by atoms with Gasteiger partial charge in [-0.1, -0.05) is 85.8 Å². The first-order chi connectivity index (χ1) is 12.7. The van der Waals surface area contributed by atoms with Gasteiger partial charge in [0.15, 0.2) is 5.16 Å². The van der Waals surface area contributed by atoms with Crippen LogP contribution in [-0.4, -0.2) is 20.8 Å². The Kier molecular flexibility index (Phi) is 6.12. The van der Waals surface area contributed by atoms with E-state index < -0.39 is 0 Å². The maximum atomic E-state index is 12.8. The third-order valence-electron chi connectivity index (χ3n) is 4.20. The van der Waals surface area contributed by atoms with Gasteiger partial charge in [-0.15, -0.1) is 0 Å². The predicted molar refractivity (Wildman–Crippen MR) is 106 cm³/mol. The van der Waals surface area contributed by atoms with Gasteiger partial charge in [-0.2, -0.15) is 4.98 Å². The topological polar surface area (TPSA) is 66.0 Å². The van der Waals surface area contributed by atoms with E-state index in [1.807, 2.05) is 60.7 Å². The Morgan fingerprint density at radius 1 is 1.04 bits per heavy atom. The van der Waals surface area contributed by atoms with Crippen LogP contribution in [0.5, 0.6) is 5.88 Å². The zero-order valence-electron chi connectivity index (χ0n) is 14.7. The molecule has 26 heavy (non-hydrogen) atoms. The van der Waals surface area contributed by atoms with E-state index in [2.05, 4.69) is 16.9 Å². The minimum atomic E-state index is -0.372. The number of nitrogens with one attached hydrogen (secondary N) is 1. The van der Waals surface area contributed by atoms with Crippen molar-refractivity contribution in [2.75, 3.05) is 5.75 Å². The van der Waals surface area contributed by atoms with Gasteiger partial charge in [0.05, 0.1) is 5.56 Å². The molecule has 3 rings (SSSR count). The van der Waals surface area contributed by atoms with E-state index in [-0.39, 0.29) is 22.9 Å². The van der Waals surface area contributed by atoms with E-state index in [0.717, 1.165) is 29.7 Å². The molecule has 0 unspecified atom stereocenters. The molecule has 0 aliphatic heterocycles. The Labute approximate surface area is 157 Å². The van der Waals surface area contributed by atoms with Gasteiger partial charge in [-0.25, -0.2) is 0 Å². The van der Waals surface area contributed by atoms with E-state index >= 15 is 0 Å². The monoisotopic (exact) mass is 366 g/mol. The number of unbranched alkanes of at least 4 members (excludes halogenated alkanes) is 1. The summed E-state index contributed by atoms with van der Waals surface area (Å²) in [5.74, 6) is 0.285. The number of H-pyrrole nitrogens is 1. The molecule has 2 aromatic carbocycles. The Balaban J connectivity index is 2.06. The molecule has 3 aromatic rings. The minimum absolute atomic E-state index is 0.203. The van der Waals surface area contributed by atoms with Crippen LogP contribution in [-0.2, 0) is 0 Å². The highest BCUT2D eigenvalue weighted by molar-refractivity contribution is 7.99. The van der Waals surface area contributed by atoms with Crippen molar-refractivity contribution in [3.05, 3.63) is 87.7 Å². The van der Waals surface area contributed by atoms with Gasteiger partial charge in [-0.3, -0.25) is 4.79 Å². The van der Waals surface area contributed by atoms with Gasteiger partial charge in [-0.05, 0) is 17.5 Å². The molecule has 0 spiro atoms. The highest BCUT2D eigenvalue weighted by Crippen LogP contribution is 2.34. The van der Waals surface area contributed by atoms with Crippen molar-refractivity contribution in [3.63, 3.8) is 0 Å². The van der Waals surface area contributed by atoms with Crippen LogP contribution in [0.4, 0.5) is 0 Å². The molecule has 134 valence electrons. The molecule has 4 nitrogen and oxygen atoms in total. The Morgan fingerprint density at radius 3 is 2.12 bits per heavy atom. The average Bonchev–Trinajstić information content (AvgIpc) is 2.66. The average molecular weight is 366 g/mol. The molecule has 5 heteroatoms. The largest absolute Gasteiger partial charge is 0.493 e. The summed E-state index contributed by atoms with van der Waals surface area (Å²) in [7, 11) is 0. The summed E-state index contributed by atoms with van der Waals surface area (Å²) in [5.41, 5.74) is 1.86. The number of benzene rings is 2. The fourth-order valence-corrected chi connectivity index (χ4v) is 3.85. The van der Waals surface area contributed by atoms with Crippen LogP contribution >= 0.6 is 11.8 Å². The molecule has 1 heterocycles. The number of aromatic nitrogens is 2. The first kappa shape index (κ1) is 18.3. The summed E-state index contributed by atoms with van der Waals surface area (Å²) in [5, 5.41) is 11.0. The normalized spacial score (nSPS) is 11.0. The summed E-state index contributed by atoms with van der Waals surface area (Å²) in [6, 6.07) is 19.4. The number of thioether (sulfide) groups is 1. The van der Waals surface area contributed by atoms with Crippen molar-refractivity contribution >= 4 is 11.8 Å². The standard InChI is InChI=1S/C21H22N2O2S/c1-2-3-14-26-21-22-19(24)18(20(25)23-21)17(15-10-6-4-7-11-15)16-12-8-5-9-13-16/h4-13,17H,2-3,14H2,1H3,(H2,22,23,24,25). The lowest BCUT2D eigenvalue weighted by atomic mass is 9.86. The van der Waals surface area contributed by atoms with Gasteiger partial charge < -0.3 is 10.1 Å². The molecule has 0 bridgehead atoms. The maximum absolute atomic E-state index is 12.8. The second-order valence-electron chi connectivity index (χ2n) is 6.06. The zero-order chi connectivity index (χ0) is 18.4. The molecular weight excluding hydrogens is 344 g/mol. The number of nitrogens with zero attached hydrogens (tertiary/aromatic N) is 1. The molecule has 0 atom stereocenters. The molecule has 0 saturated heterocycles. The van der Waals surface area contributed by atoms with Gasteiger partial charge >= 0.3 is 0 Å². The maximum Gasteiger partial charge on any atom is 0.259 e. The highest BCUT2D eigenvalue weighted by atomic mass is 32.2. The number of aromatic amines is 1. The first-order valence-corrected chi connectivity index (χ1v) is 9.75. The van der Waals surface area contributed by atoms with Gasteiger partial charge in [0, 0.05) is 11.7 Å². The van der Waals surface area contributed by atoms with Crippen LogP contribution in [0.1, 0.15) is 42.4 Å². The fourth-order valence-electron chi connectivity index (χ4n) is 2.91. The summed E-state index contributed by atoms with van der Waals surface area (Å²) in [6.45, 7) is 2.11. The Bertz CT molecular complexity index is 855. The van der Waals surface area contributed by atoms with Crippen molar-refractivity contribution in [2.24, 2.45) is 0 Å². The molecule has 0 saturated carbocycles. The SMILES string of the molecule is CCCCSc1nc(O)c(C(c2ccccc2)c2ccccc2)c(=O)[nH]1. The van der Waals surface area contributed by atoms with Crippen LogP contribution < -0.4 is 5.56 Å². The molecule has 0 aliphatic rings. The summed E-state index contributed by atoms with van der Waals surface area (Å²) in [4.78, 5) is 19.9. The van der Waals surface area contributed by atoms with Crippen LogP contribution in [0, 0.1) is 0 Å². The van der Waals surface area contributed by atoms with E-state index in [1.54, 1.807) is 0 Å². The fraction of sp³-hybridized carbons (Fsp3) is 0.238. The Hall–Kier alpha value is -2.53. The van der Waals surface area contributed by atoms with Crippen LogP contribution in [0.15, 0.2) is 70.6 Å². The van der Waals surface area contributed by atoms with Crippen molar-refractivity contribution < 1.29 is 5.11 Å². The molecule has 0 amide bonds. The smallest absolute Gasteiger partial charge is 0.259 e. The van der Waals surface area contributed by atoms with Gasteiger partial charge in [0.2, 0.25) is 5.88 Å². The van der Waals surface area contributed by atoms with Crippen LogP contribution in [0.3, 0.4) is 0 Å². The van der Waals surface area contributed by atoms with E-state index in [1.165, 1.54) is 11.8 Å². The molecule has 1 aromatic heterocycles. The third-order valence-corrected chi connectivity index (χ3v) is 5.16. The summed E-state index contributed by atoms with van der Waals surface area (Å²) < 4.78 is 0. The van der Waals surface area contributed by atoms with Crippen molar-refractivity contribution in [2.45, 2.75) is 30.8 Å². The second kappa shape index (κ2) is 8.72. The number of hydrogen-bond donors (Lipinski definition) is 2. The third kappa shape index (κ3) is 4.17. The quantitative estimate of drug-likeness (QED) is 0.366. The summed E-state index contributed by atoms with van der Waals surface area (Å²) in [6.07, 6.45) is 2.11. The number of aromatic hydroxyl groups is 1. The lowest BCUT2D eigenvalue weighted by Gasteiger charge is -2.18. The first-order valence-electron chi connectivity index (χ1n) is 8.76. The van der Waals surface area contributed by atoms with Crippen LogP contribution in [0.2, 0.25) is 0 Å². The van der Waals surface area contributed by atoms with Crippen molar-refractivity contribution in [1.82, 2.24) is 9.97 Å². The van der Waals surface area contributed by atoms with E-state index in [0.29, 0.717) is 5.16 Å². The number of rotatable bonds is 7. The van der Waals surface area contributed by atoms with E-state index in [4.69, 9.17) is 0 Å². The van der Waals surface area contributed by atoms with Gasteiger partial charge in [0.1, 0.15) is 0 Å². The van der Waals surface area contributed by atoms with Gasteiger partial charge in [0.25, 0.3) is 5.56 Å². The lowest BCUT2D eigenvalue weighted by Crippen LogP contribution is -2.20.